The molecule has 1 aromatic heterocycles. The Hall–Kier alpha value is -3.10. The molecule has 10 heteroatoms. The fourth-order valence-electron chi connectivity index (χ4n) is 3.41. The third-order valence-electron chi connectivity index (χ3n) is 4.88. The van der Waals surface area contributed by atoms with Crippen molar-refractivity contribution in [2.45, 2.75) is 26.3 Å². The van der Waals surface area contributed by atoms with Gasteiger partial charge in [0.25, 0.3) is 0 Å². The van der Waals surface area contributed by atoms with E-state index in [1.807, 2.05) is 56.3 Å². The molecule has 0 amide bonds. The van der Waals surface area contributed by atoms with Gasteiger partial charge in [0.05, 0.1) is 11.8 Å². The Morgan fingerprint density at radius 1 is 0.875 bits per heavy atom. The monoisotopic (exact) mass is 470 g/mol. The van der Waals surface area contributed by atoms with E-state index in [4.69, 9.17) is 23.2 Å². The van der Waals surface area contributed by atoms with Crippen LogP contribution in [0.2, 0.25) is 10.0 Å². The van der Waals surface area contributed by atoms with Gasteiger partial charge in [0.2, 0.25) is 17.8 Å². The van der Waals surface area contributed by atoms with Crippen LogP contribution in [0.25, 0.3) is 0 Å². The van der Waals surface area contributed by atoms with Crippen molar-refractivity contribution in [3.05, 3.63) is 63.6 Å². The quantitative estimate of drug-likeness (QED) is 0.357. The minimum atomic E-state index is -0.0526. The second kappa shape index (κ2) is 10.0. The zero-order valence-corrected chi connectivity index (χ0v) is 19.3. The molecule has 0 saturated carbocycles. The normalized spacial score (nSPS) is 15.1. The molecule has 1 atom stereocenters. The third kappa shape index (κ3) is 5.03. The Balaban J connectivity index is 1.46. The van der Waals surface area contributed by atoms with Crippen LogP contribution in [0.3, 0.4) is 0 Å². The standard InChI is InChI=1S/C22H24Cl2N8/c1-3-25-20-28-21(26-4-2)30-22(29-20)27-14-10-8-13(9-11-14)17-12-18(32-31-17)19-15(23)6-5-7-16(19)24/h5-11,18,32H,3-4,12H2,1-2H3,(H3,25,26,27,28,29,30). The molecule has 0 radical (unpaired) electrons. The molecule has 0 saturated heterocycles. The summed E-state index contributed by atoms with van der Waals surface area (Å²) in [6.07, 6.45) is 0.696. The van der Waals surface area contributed by atoms with Crippen LogP contribution < -0.4 is 21.4 Å². The largest absolute Gasteiger partial charge is 0.354 e. The second-order valence-electron chi connectivity index (χ2n) is 7.15. The van der Waals surface area contributed by atoms with Crippen molar-refractivity contribution in [1.29, 1.82) is 0 Å². The van der Waals surface area contributed by atoms with Crippen LogP contribution in [-0.4, -0.2) is 33.8 Å². The van der Waals surface area contributed by atoms with Crippen LogP contribution in [0.5, 0.6) is 0 Å². The Kier molecular flexibility index (Phi) is 6.92. The van der Waals surface area contributed by atoms with Crippen molar-refractivity contribution < 1.29 is 0 Å². The molecule has 1 aliphatic heterocycles. The van der Waals surface area contributed by atoms with Crippen LogP contribution in [0.1, 0.15) is 37.4 Å². The summed E-state index contributed by atoms with van der Waals surface area (Å²) in [6, 6.07) is 13.4. The molecule has 2 aromatic carbocycles. The first-order valence-electron chi connectivity index (χ1n) is 10.4. The van der Waals surface area contributed by atoms with Crippen molar-refractivity contribution in [1.82, 2.24) is 20.4 Å². The smallest absolute Gasteiger partial charge is 0.233 e. The predicted molar refractivity (Wildman–Crippen MR) is 131 cm³/mol. The molecule has 4 rings (SSSR count). The highest BCUT2D eigenvalue weighted by Gasteiger charge is 2.25. The van der Waals surface area contributed by atoms with Gasteiger partial charge in [0, 0.05) is 40.8 Å². The van der Waals surface area contributed by atoms with Gasteiger partial charge in [-0.1, -0.05) is 41.4 Å². The minimum Gasteiger partial charge on any atom is -0.354 e. The summed E-state index contributed by atoms with van der Waals surface area (Å²) in [7, 11) is 0. The van der Waals surface area contributed by atoms with Crippen LogP contribution in [0, 0.1) is 0 Å². The highest BCUT2D eigenvalue weighted by molar-refractivity contribution is 6.36. The first-order chi connectivity index (χ1) is 15.6. The van der Waals surface area contributed by atoms with Crippen LogP contribution >= 0.6 is 23.2 Å². The van der Waals surface area contributed by atoms with E-state index in [1.165, 1.54) is 0 Å². The van der Waals surface area contributed by atoms with E-state index >= 15 is 0 Å². The Labute approximate surface area is 196 Å². The number of hydrogen-bond acceptors (Lipinski definition) is 8. The maximum absolute atomic E-state index is 6.35. The molecule has 0 fully saturated rings. The van der Waals surface area contributed by atoms with E-state index in [-0.39, 0.29) is 6.04 Å². The predicted octanol–water partition coefficient (Wildman–Crippen LogP) is 5.22. The second-order valence-corrected chi connectivity index (χ2v) is 7.96. The average Bonchev–Trinajstić information content (AvgIpc) is 3.24. The number of nitrogens with one attached hydrogen (secondary N) is 4. The zero-order valence-electron chi connectivity index (χ0n) is 17.8. The van der Waals surface area contributed by atoms with Crippen molar-refractivity contribution in [3.63, 3.8) is 0 Å². The Bertz CT molecular complexity index is 1070. The van der Waals surface area contributed by atoms with E-state index in [9.17, 15) is 0 Å². The first kappa shape index (κ1) is 22.1. The van der Waals surface area contributed by atoms with Crippen LogP contribution in [0.4, 0.5) is 23.5 Å². The van der Waals surface area contributed by atoms with Gasteiger partial charge in [0.1, 0.15) is 0 Å². The molecule has 8 nitrogen and oxygen atoms in total. The summed E-state index contributed by atoms with van der Waals surface area (Å²) in [4.78, 5) is 13.2. The molecule has 1 unspecified atom stereocenters. The van der Waals surface area contributed by atoms with Crippen molar-refractivity contribution in [2.75, 3.05) is 29.0 Å². The number of anilines is 4. The summed E-state index contributed by atoms with van der Waals surface area (Å²) in [5, 5.41) is 15.3. The lowest BCUT2D eigenvalue weighted by atomic mass is 9.99. The molecule has 3 aromatic rings. The number of halogens is 2. The number of hydrogen-bond donors (Lipinski definition) is 4. The van der Waals surface area contributed by atoms with E-state index in [2.05, 4.69) is 41.4 Å². The van der Waals surface area contributed by atoms with E-state index < -0.39 is 0 Å². The summed E-state index contributed by atoms with van der Waals surface area (Å²) in [5.74, 6) is 1.51. The average molecular weight is 471 g/mol. The highest BCUT2D eigenvalue weighted by Crippen LogP contribution is 2.35. The van der Waals surface area contributed by atoms with Gasteiger partial charge in [-0.25, -0.2) is 0 Å². The van der Waals surface area contributed by atoms with Crippen molar-refractivity contribution >= 4 is 52.4 Å². The molecule has 0 bridgehead atoms. The lowest BCUT2D eigenvalue weighted by molar-refractivity contribution is 0.620. The lowest BCUT2D eigenvalue weighted by Crippen LogP contribution is -2.11. The van der Waals surface area contributed by atoms with Gasteiger partial charge >= 0.3 is 0 Å². The van der Waals surface area contributed by atoms with E-state index in [1.54, 1.807) is 0 Å². The minimum absolute atomic E-state index is 0.0526. The first-order valence-corrected chi connectivity index (χ1v) is 11.2. The topological polar surface area (TPSA) is 99.2 Å². The number of benzene rings is 2. The fraction of sp³-hybridized carbons (Fsp3) is 0.273. The van der Waals surface area contributed by atoms with Crippen LogP contribution in [-0.2, 0) is 0 Å². The Morgan fingerprint density at radius 3 is 2.06 bits per heavy atom. The maximum Gasteiger partial charge on any atom is 0.233 e. The SMILES string of the molecule is CCNc1nc(NCC)nc(Nc2ccc(C3=NNC(c4c(Cl)cccc4Cl)C3)cc2)n1. The van der Waals surface area contributed by atoms with Crippen molar-refractivity contribution in [2.24, 2.45) is 5.10 Å². The van der Waals surface area contributed by atoms with Crippen molar-refractivity contribution in [3.8, 4) is 0 Å². The van der Waals surface area contributed by atoms with Crippen LogP contribution in [0.15, 0.2) is 47.6 Å². The molecule has 0 spiro atoms. The summed E-state index contributed by atoms with van der Waals surface area (Å²) >= 11 is 12.7. The van der Waals surface area contributed by atoms with Gasteiger partial charge in [0.15, 0.2) is 0 Å². The summed E-state index contributed by atoms with van der Waals surface area (Å²) < 4.78 is 0. The fourth-order valence-corrected chi connectivity index (χ4v) is 4.08. The molecule has 2 heterocycles. The molecule has 166 valence electrons. The van der Waals surface area contributed by atoms with Gasteiger partial charge in [-0.05, 0) is 43.7 Å². The summed E-state index contributed by atoms with van der Waals surface area (Å²) in [5.41, 5.74) is 6.86. The van der Waals surface area contributed by atoms with Gasteiger partial charge in [-0.15, -0.1) is 0 Å². The molecule has 0 aliphatic carbocycles. The number of nitrogens with zero attached hydrogens (tertiary/aromatic N) is 4. The Morgan fingerprint density at radius 2 is 1.47 bits per heavy atom. The zero-order chi connectivity index (χ0) is 22.5. The van der Waals surface area contributed by atoms with Gasteiger partial charge in [-0.3, -0.25) is 0 Å². The molecule has 4 N–H and O–H groups in total. The molecular formula is C22H24Cl2N8. The summed E-state index contributed by atoms with van der Waals surface area (Å²) in [6.45, 7) is 5.43. The molecular weight excluding hydrogens is 447 g/mol. The molecule has 32 heavy (non-hydrogen) atoms. The third-order valence-corrected chi connectivity index (χ3v) is 5.54. The molecule has 1 aliphatic rings. The number of aromatic nitrogens is 3. The van der Waals surface area contributed by atoms with E-state index in [0.717, 1.165) is 35.6 Å². The number of hydrazone groups is 1. The number of rotatable bonds is 8. The lowest BCUT2D eigenvalue weighted by Gasteiger charge is -2.14. The van der Waals surface area contributed by atoms with E-state index in [0.29, 0.717) is 34.3 Å². The maximum atomic E-state index is 6.35. The van der Waals surface area contributed by atoms with Gasteiger partial charge in [-0.2, -0.15) is 20.1 Å². The van der Waals surface area contributed by atoms with Gasteiger partial charge < -0.3 is 21.4 Å². The highest BCUT2D eigenvalue weighted by atomic mass is 35.5.